The number of carbonyl (C=O) groups is 2. The highest BCUT2D eigenvalue weighted by Gasteiger charge is 2.34. The molecule has 0 aliphatic heterocycles. The lowest BCUT2D eigenvalue weighted by Gasteiger charge is -2.30. The molecule has 1 aliphatic rings. The van der Waals surface area contributed by atoms with Gasteiger partial charge in [0.1, 0.15) is 6.61 Å². The Morgan fingerprint density at radius 3 is 2.06 bits per heavy atom. The maximum atomic E-state index is 13.4. The summed E-state index contributed by atoms with van der Waals surface area (Å²) in [6.45, 7) is 0.704. The quantitative estimate of drug-likeness (QED) is 0.404. The van der Waals surface area contributed by atoms with Crippen LogP contribution >= 0.6 is 23.2 Å². The monoisotopic (exact) mass is 512 g/mol. The molecule has 182 valence electrons. The Morgan fingerprint density at radius 2 is 1.51 bits per heavy atom. The minimum Gasteiger partial charge on any atom is -0.479 e. The molecular formula is C27H26Cl2N2O4. The Balaban J connectivity index is 1.61. The molecule has 35 heavy (non-hydrogen) atoms. The molecule has 4 rings (SSSR count). The smallest absolute Gasteiger partial charge is 0.410 e. The Kier molecular flexibility index (Phi) is 7.65. The SMILES string of the molecule is CN(C)CCN(C(=O)OCC1c2ccccc2-c2ccccc21)C(C(=O)O)c1ccc(Cl)c(Cl)c1. The number of benzene rings is 3. The number of rotatable bonds is 8. The molecule has 0 radical (unpaired) electrons. The lowest BCUT2D eigenvalue weighted by Crippen LogP contribution is -2.43. The zero-order chi connectivity index (χ0) is 25.1. The summed E-state index contributed by atoms with van der Waals surface area (Å²) in [6, 6.07) is 19.4. The van der Waals surface area contributed by atoms with Gasteiger partial charge in [0.05, 0.1) is 10.0 Å². The van der Waals surface area contributed by atoms with Crippen molar-refractivity contribution in [3.8, 4) is 11.1 Å². The summed E-state index contributed by atoms with van der Waals surface area (Å²) in [4.78, 5) is 28.8. The highest BCUT2D eigenvalue weighted by Crippen LogP contribution is 2.44. The summed E-state index contributed by atoms with van der Waals surface area (Å²) < 4.78 is 5.79. The Labute approximate surface area is 214 Å². The van der Waals surface area contributed by atoms with Crippen molar-refractivity contribution in [3.63, 3.8) is 0 Å². The van der Waals surface area contributed by atoms with Gasteiger partial charge in [-0.2, -0.15) is 0 Å². The average molecular weight is 513 g/mol. The largest absolute Gasteiger partial charge is 0.479 e. The van der Waals surface area contributed by atoms with Crippen LogP contribution in [0.5, 0.6) is 0 Å². The van der Waals surface area contributed by atoms with Crippen LogP contribution in [0.4, 0.5) is 4.79 Å². The van der Waals surface area contributed by atoms with Crippen LogP contribution in [0.25, 0.3) is 11.1 Å². The second-order valence-electron chi connectivity index (χ2n) is 8.71. The van der Waals surface area contributed by atoms with E-state index in [-0.39, 0.29) is 24.1 Å². The van der Waals surface area contributed by atoms with Crippen molar-refractivity contribution in [1.82, 2.24) is 9.80 Å². The van der Waals surface area contributed by atoms with Crippen LogP contribution in [-0.2, 0) is 9.53 Å². The molecule has 3 aromatic carbocycles. The van der Waals surface area contributed by atoms with Crippen LogP contribution in [0.3, 0.4) is 0 Å². The van der Waals surface area contributed by atoms with E-state index in [1.165, 1.54) is 17.0 Å². The summed E-state index contributed by atoms with van der Waals surface area (Å²) in [5, 5.41) is 10.6. The van der Waals surface area contributed by atoms with E-state index in [0.29, 0.717) is 17.1 Å². The molecule has 1 N–H and O–H groups in total. The number of aliphatic carboxylic acids is 1. The van der Waals surface area contributed by atoms with Gasteiger partial charge in [-0.1, -0.05) is 77.8 Å². The van der Waals surface area contributed by atoms with E-state index in [4.69, 9.17) is 27.9 Å². The van der Waals surface area contributed by atoms with Crippen molar-refractivity contribution in [1.29, 1.82) is 0 Å². The molecule has 3 aromatic rings. The number of carboxylic acids is 1. The molecule has 0 aromatic heterocycles. The Bertz CT molecular complexity index is 1200. The lowest BCUT2D eigenvalue weighted by atomic mass is 9.98. The standard InChI is InChI=1S/C27H26Cl2N2O4/c1-30(2)13-14-31(25(26(32)33)17-11-12-23(28)24(29)15-17)27(34)35-16-22-20-9-5-3-7-18(20)19-8-4-6-10-21(19)22/h3-12,15,22,25H,13-14,16H2,1-2H3,(H,32,33). The molecule has 0 fully saturated rings. The van der Waals surface area contributed by atoms with Gasteiger partial charge in [-0.05, 0) is 54.0 Å². The van der Waals surface area contributed by atoms with Gasteiger partial charge in [-0.25, -0.2) is 9.59 Å². The van der Waals surface area contributed by atoms with E-state index in [1.807, 2.05) is 55.4 Å². The van der Waals surface area contributed by atoms with Crippen molar-refractivity contribution in [2.75, 3.05) is 33.8 Å². The summed E-state index contributed by atoms with van der Waals surface area (Å²) in [5.41, 5.74) is 4.75. The summed E-state index contributed by atoms with van der Waals surface area (Å²) in [7, 11) is 3.70. The predicted octanol–water partition coefficient (Wildman–Crippen LogP) is 5.93. The second-order valence-corrected chi connectivity index (χ2v) is 9.53. The highest BCUT2D eigenvalue weighted by atomic mass is 35.5. The van der Waals surface area contributed by atoms with E-state index < -0.39 is 18.1 Å². The van der Waals surface area contributed by atoms with Crippen molar-refractivity contribution < 1.29 is 19.4 Å². The molecule has 0 bridgehead atoms. The predicted molar refractivity (Wildman–Crippen MR) is 137 cm³/mol. The highest BCUT2D eigenvalue weighted by molar-refractivity contribution is 6.42. The fraction of sp³-hybridized carbons (Fsp3) is 0.259. The third kappa shape index (κ3) is 5.30. The first-order chi connectivity index (χ1) is 16.8. The average Bonchev–Trinajstić information content (AvgIpc) is 3.15. The van der Waals surface area contributed by atoms with Crippen LogP contribution in [-0.4, -0.2) is 60.8 Å². The van der Waals surface area contributed by atoms with Crippen molar-refractivity contribution in [2.45, 2.75) is 12.0 Å². The molecular weight excluding hydrogens is 487 g/mol. The van der Waals surface area contributed by atoms with Crippen LogP contribution in [0.1, 0.15) is 28.7 Å². The lowest BCUT2D eigenvalue weighted by molar-refractivity contribution is -0.143. The first kappa shape index (κ1) is 25.0. The number of ether oxygens (including phenoxy) is 1. The van der Waals surface area contributed by atoms with Crippen LogP contribution < -0.4 is 0 Å². The van der Waals surface area contributed by atoms with E-state index in [0.717, 1.165) is 22.3 Å². The van der Waals surface area contributed by atoms with E-state index in [9.17, 15) is 14.7 Å². The van der Waals surface area contributed by atoms with Crippen molar-refractivity contribution >= 4 is 35.3 Å². The first-order valence-corrected chi connectivity index (χ1v) is 12.0. The molecule has 6 nitrogen and oxygen atoms in total. The molecule has 0 saturated heterocycles. The van der Waals surface area contributed by atoms with Crippen molar-refractivity contribution in [3.05, 3.63) is 93.5 Å². The van der Waals surface area contributed by atoms with Gasteiger partial charge in [0.2, 0.25) is 0 Å². The normalized spacial score (nSPS) is 13.3. The van der Waals surface area contributed by atoms with E-state index >= 15 is 0 Å². The number of fused-ring (bicyclic) bond motifs is 3. The van der Waals surface area contributed by atoms with E-state index in [2.05, 4.69) is 12.1 Å². The number of hydrogen-bond donors (Lipinski definition) is 1. The Morgan fingerprint density at radius 1 is 0.914 bits per heavy atom. The number of carbonyl (C=O) groups excluding carboxylic acids is 1. The van der Waals surface area contributed by atoms with Gasteiger partial charge >= 0.3 is 12.1 Å². The fourth-order valence-electron chi connectivity index (χ4n) is 4.45. The molecule has 1 aliphatic carbocycles. The fourth-order valence-corrected chi connectivity index (χ4v) is 4.76. The minimum absolute atomic E-state index is 0.0963. The third-order valence-electron chi connectivity index (χ3n) is 6.16. The minimum atomic E-state index is -1.28. The summed E-state index contributed by atoms with van der Waals surface area (Å²) in [6.07, 6.45) is -0.702. The van der Waals surface area contributed by atoms with Gasteiger partial charge in [0.15, 0.2) is 6.04 Å². The number of nitrogens with zero attached hydrogens (tertiary/aromatic N) is 2. The molecule has 1 unspecified atom stereocenters. The number of likely N-dealkylation sites (N-methyl/N-ethyl adjacent to an activating group) is 1. The number of amides is 1. The van der Waals surface area contributed by atoms with Crippen LogP contribution in [0.15, 0.2) is 66.7 Å². The van der Waals surface area contributed by atoms with Crippen molar-refractivity contribution in [2.24, 2.45) is 0 Å². The van der Waals surface area contributed by atoms with E-state index in [1.54, 1.807) is 6.07 Å². The molecule has 0 spiro atoms. The van der Waals surface area contributed by atoms with Gasteiger partial charge in [0.25, 0.3) is 0 Å². The van der Waals surface area contributed by atoms with Crippen LogP contribution in [0, 0.1) is 0 Å². The summed E-state index contributed by atoms with van der Waals surface area (Å²) >= 11 is 12.2. The zero-order valence-corrected chi connectivity index (χ0v) is 21.0. The van der Waals surface area contributed by atoms with Gasteiger partial charge in [-0.15, -0.1) is 0 Å². The van der Waals surface area contributed by atoms with Gasteiger partial charge in [0, 0.05) is 19.0 Å². The number of carboxylic acid groups (broad SMARTS) is 1. The zero-order valence-electron chi connectivity index (χ0n) is 19.4. The number of halogens is 2. The number of hydrogen-bond acceptors (Lipinski definition) is 4. The third-order valence-corrected chi connectivity index (χ3v) is 6.90. The molecule has 8 heteroatoms. The first-order valence-electron chi connectivity index (χ1n) is 11.2. The molecule has 0 heterocycles. The summed E-state index contributed by atoms with van der Waals surface area (Å²) in [5.74, 6) is -1.31. The molecule has 0 saturated carbocycles. The van der Waals surface area contributed by atoms with Gasteiger partial charge in [-0.3, -0.25) is 4.90 Å². The topological polar surface area (TPSA) is 70.1 Å². The molecule has 1 amide bonds. The maximum Gasteiger partial charge on any atom is 0.410 e. The Hall–Kier alpha value is -3.06. The second kappa shape index (κ2) is 10.7. The van der Waals surface area contributed by atoms with Crippen LogP contribution in [0.2, 0.25) is 10.0 Å². The maximum absolute atomic E-state index is 13.4. The van der Waals surface area contributed by atoms with Gasteiger partial charge < -0.3 is 14.7 Å². The molecule has 1 atom stereocenters.